The normalized spacial score (nSPS) is 13.0. The highest BCUT2D eigenvalue weighted by molar-refractivity contribution is 7.92. The Morgan fingerprint density at radius 2 is 1.91 bits per heavy atom. The van der Waals surface area contributed by atoms with Gasteiger partial charge in [0.05, 0.1) is 30.7 Å². The van der Waals surface area contributed by atoms with Crippen LogP contribution >= 0.6 is 0 Å². The predicted molar refractivity (Wildman–Crippen MR) is 135 cm³/mol. The second-order valence-corrected chi connectivity index (χ2v) is 10.8. The van der Waals surface area contributed by atoms with Crippen LogP contribution in [0.5, 0.6) is 11.5 Å². The van der Waals surface area contributed by atoms with Gasteiger partial charge < -0.3 is 20.3 Å². The van der Waals surface area contributed by atoms with E-state index in [1.165, 1.54) is 12.1 Å². The SMILES string of the molecule is COc1ccccc1-c1nc(C)n(CCC(C)(C)NCC(O)c2ccc(O)c(NS(C)(=O)=O)c2)n1. The van der Waals surface area contributed by atoms with Crippen LogP contribution < -0.4 is 14.8 Å². The number of methoxy groups -OCH3 is 1. The standard InChI is InChI=1S/C24H33N5O5S/c1-16-26-23(18-8-6-7-9-22(18)34-4)27-29(16)13-12-24(2,3)25-15-21(31)17-10-11-20(30)19(14-17)28-35(5,32)33/h6-11,14,21,25,28,30-31H,12-13,15H2,1-5H3. The van der Waals surface area contributed by atoms with Crippen LogP contribution in [0.25, 0.3) is 11.4 Å². The summed E-state index contributed by atoms with van der Waals surface area (Å²) in [5, 5.41) is 28.5. The number of aromatic nitrogens is 3. The fourth-order valence-corrected chi connectivity index (χ4v) is 4.15. The Morgan fingerprint density at radius 1 is 1.20 bits per heavy atom. The number of nitrogens with one attached hydrogen (secondary N) is 2. The largest absolute Gasteiger partial charge is 0.506 e. The van der Waals surface area contributed by atoms with Gasteiger partial charge in [0, 0.05) is 18.6 Å². The van der Waals surface area contributed by atoms with Crippen LogP contribution in [0.2, 0.25) is 0 Å². The number of aliphatic hydroxyl groups is 1. The number of nitrogens with zero attached hydrogens (tertiary/aromatic N) is 3. The van der Waals surface area contributed by atoms with E-state index < -0.39 is 16.1 Å². The van der Waals surface area contributed by atoms with Crippen molar-refractivity contribution in [3.8, 4) is 22.9 Å². The molecular formula is C24H33N5O5S. The first-order chi connectivity index (χ1) is 16.4. The van der Waals surface area contributed by atoms with Gasteiger partial charge in [0.15, 0.2) is 5.82 Å². The topological polar surface area (TPSA) is 139 Å². The monoisotopic (exact) mass is 503 g/mol. The summed E-state index contributed by atoms with van der Waals surface area (Å²) in [6, 6.07) is 11.9. The number of hydrogen-bond donors (Lipinski definition) is 4. The molecule has 0 aliphatic heterocycles. The number of para-hydroxylation sites is 1. The summed E-state index contributed by atoms with van der Waals surface area (Å²) in [6.07, 6.45) is 0.807. The highest BCUT2D eigenvalue weighted by Gasteiger charge is 2.21. The Kier molecular flexibility index (Phi) is 8.04. The van der Waals surface area contributed by atoms with E-state index in [0.29, 0.717) is 30.1 Å². The summed E-state index contributed by atoms with van der Waals surface area (Å²) in [5.41, 5.74) is 0.993. The maximum Gasteiger partial charge on any atom is 0.229 e. The molecule has 0 bridgehead atoms. The molecule has 0 radical (unpaired) electrons. The van der Waals surface area contributed by atoms with E-state index >= 15 is 0 Å². The summed E-state index contributed by atoms with van der Waals surface area (Å²) in [7, 11) is -1.95. The van der Waals surface area contributed by atoms with Gasteiger partial charge in [-0.1, -0.05) is 18.2 Å². The number of benzene rings is 2. The Balaban J connectivity index is 1.62. The van der Waals surface area contributed by atoms with Crippen LogP contribution in [0.15, 0.2) is 42.5 Å². The summed E-state index contributed by atoms with van der Waals surface area (Å²) < 4.78 is 32.5. The summed E-state index contributed by atoms with van der Waals surface area (Å²) in [6.45, 7) is 6.81. The van der Waals surface area contributed by atoms with Gasteiger partial charge >= 0.3 is 0 Å². The Labute approximate surface area is 206 Å². The number of aromatic hydroxyl groups is 1. The van der Waals surface area contributed by atoms with Crippen LogP contribution in [0, 0.1) is 6.92 Å². The molecule has 0 saturated carbocycles. The zero-order chi connectivity index (χ0) is 25.8. The molecule has 0 fully saturated rings. The van der Waals surface area contributed by atoms with Gasteiger partial charge in [-0.2, -0.15) is 5.10 Å². The van der Waals surface area contributed by atoms with E-state index in [2.05, 4.69) is 20.1 Å². The van der Waals surface area contributed by atoms with E-state index in [4.69, 9.17) is 4.74 Å². The molecule has 1 heterocycles. The van der Waals surface area contributed by atoms with E-state index in [0.717, 1.165) is 17.6 Å². The van der Waals surface area contributed by atoms with Crippen molar-refractivity contribution in [1.82, 2.24) is 20.1 Å². The number of aliphatic hydroxyl groups excluding tert-OH is 1. The van der Waals surface area contributed by atoms with Crippen LogP contribution in [-0.4, -0.2) is 58.8 Å². The predicted octanol–water partition coefficient (Wildman–Crippen LogP) is 2.83. The molecule has 0 saturated heterocycles. The quantitative estimate of drug-likeness (QED) is 0.293. The summed E-state index contributed by atoms with van der Waals surface area (Å²) >= 11 is 0. The third kappa shape index (κ3) is 7.17. The fraction of sp³-hybridized carbons (Fsp3) is 0.417. The van der Waals surface area contributed by atoms with E-state index in [9.17, 15) is 18.6 Å². The number of phenolic OH excluding ortho intramolecular Hbond substituents is 1. The highest BCUT2D eigenvalue weighted by Crippen LogP contribution is 2.29. The first kappa shape index (κ1) is 26.5. The molecule has 11 heteroatoms. The number of aryl methyl sites for hydroxylation is 2. The van der Waals surface area contributed by atoms with Gasteiger partial charge in [0.1, 0.15) is 17.3 Å². The molecule has 4 N–H and O–H groups in total. The Hall–Kier alpha value is -3.15. The molecule has 0 aliphatic rings. The van der Waals surface area contributed by atoms with Crippen molar-refractivity contribution >= 4 is 15.7 Å². The zero-order valence-electron chi connectivity index (χ0n) is 20.6. The van der Waals surface area contributed by atoms with Gasteiger partial charge in [-0.05, 0) is 57.0 Å². The zero-order valence-corrected chi connectivity index (χ0v) is 21.4. The van der Waals surface area contributed by atoms with E-state index in [1.54, 1.807) is 13.2 Å². The molecule has 3 rings (SSSR count). The molecule has 1 atom stereocenters. The molecule has 190 valence electrons. The minimum atomic E-state index is -3.56. The van der Waals surface area contributed by atoms with Crippen molar-refractivity contribution in [1.29, 1.82) is 0 Å². The molecule has 35 heavy (non-hydrogen) atoms. The molecule has 3 aromatic rings. The molecule has 0 aliphatic carbocycles. The molecule has 10 nitrogen and oxygen atoms in total. The van der Waals surface area contributed by atoms with Crippen molar-refractivity contribution in [3.05, 3.63) is 53.9 Å². The lowest BCUT2D eigenvalue weighted by Gasteiger charge is -2.28. The van der Waals surface area contributed by atoms with Crippen LogP contribution in [0.4, 0.5) is 5.69 Å². The molecular weight excluding hydrogens is 470 g/mol. The Bertz CT molecular complexity index is 1270. The summed E-state index contributed by atoms with van der Waals surface area (Å²) in [4.78, 5) is 4.59. The van der Waals surface area contributed by atoms with Crippen molar-refractivity contribution in [3.63, 3.8) is 0 Å². The van der Waals surface area contributed by atoms with Crippen molar-refractivity contribution in [2.75, 3.05) is 24.6 Å². The lowest BCUT2D eigenvalue weighted by atomic mass is 9.99. The molecule has 2 aromatic carbocycles. The lowest BCUT2D eigenvalue weighted by Crippen LogP contribution is -2.42. The fourth-order valence-electron chi connectivity index (χ4n) is 3.58. The third-order valence-electron chi connectivity index (χ3n) is 5.63. The smallest absolute Gasteiger partial charge is 0.229 e. The van der Waals surface area contributed by atoms with Crippen molar-refractivity contribution < 1.29 is 23.4 Å². The van der Waals surface area contributed by atoms with E-state index in [-0.39, 0.29) is 23.5 Å². The molecule has 1 unspecified atom stereocenters. The number of sulfonamides is 1. The molecule has 0 amide bonds. The molecule has 0 spiro atoms. The summed E-state index contributed by atoms with van der Waals surface area (Å²) in [5.74, 6) is 1.89. The maximum absolute atomic E-state index is 11.5. The van der Waals surface area contributed by atoms with Gasteiger partial charge in [0.2, 0.25) is 10.0 Å². The van der Waals surface area contributed by atoms with Gasteiger partial charge in [-0.15, -0.1) is 0 Å². The highest BCUT2D eigenvalue weighted by atomic mass is 32.2. The first-order valence-electron chi connectivity index (χ1n) is 11.2. The van der Waals surface area contributed by atoms with Crippen molar-refractivity contribution in [2.24, 2.45) is 0 Å². The lowest BCUT2D eigenvalue weighted by molar-refractivity contribution is 0.158. The Morgan fingerprint density at radius 3 is 2.60 bits per heavy atom. The molecule has 1 aromatic heterocycles. The second-order valence-electron chi connectivity index (χ2n) is 9.09. The van der Waals surface area contributed by atoms with Gasteiger partial charge in [-0.3, -0.25) is 4.72 Å². The minimum absolute atomic E-state index is 0.0239. The van der Waals surface area contributed by atoms with Crippen molar-refractivity contribution in [2.45, 2.75) is 45.4 Å². The van der Waals surface area contributed by atoms with Gasteiger partial charge in [-0.25, -0.2) is 18.1 Å². The number of anilines is 1. The first-order valence-corrected chi connectivity index (χ1v) is 13.1. The van der Waals surface area contributed by atoms with E-state index in [1.807, 2.05) is 49.7 Å². The van der Waals surface area contributed by atoms with Gasteiger partial charge in [0.25, 0.3) is 0 Å². The number of phenols is 1. The van der Waals surface area contributed by atoms with Crippen LogP contribution in [0.3, 0.4) is 0 Å². The number of β-amino-alcohol motifs (C(OH)–C–C–N with tert-alkyl or cyclic N) is 1. The minimum Gasteiger partial charge on any atom is -0.506 e. The third-order valence-corrected chi connectivity index (χ3v) is 6.22. The second kappa shape index (κ2) is 10.6. The number of rotatable bonds is 11. The average molecular weight is 504 g/mol. The number of ether oxygens (including phenoxy) is 1. The number of hydrogen-bond acceptors (Lipinski definition) is 8. The van der Waals surface area contributed by atoms with Crippen LogP contribution in [0.1, 0.15) is 37.8 Å². The maximum atomic E-state index is 11.5. The average Bonchev–Trinajstić information content (AvgIpc) is 3.17. The van der Waals surface area contributed by atoms with Crippen LogP contribution in [-0.2, 0) is 16.6 Å².